The molecular formula is C11H22N2O3. The zero-order valence-electron chi connectivity index (χ0n) is 10.8. The van der Waals surface area contributed by atoms with E-state index in [1.54, 1.807) is 18.9 Å². The van der Waals surface area contributed by atoms with E-state index >= 15 is 0 Å². The van der Waals surface area contributed by atoms with E-state index in [2.05, 4.69) is 5.32 Å². The fourth-order valence-corrected chi connectivity index (χ4v) is 0.990. The standard InChI is InChI=1S/C11H22N2O3/c1-6-11(3,4)13(5)10(15)12-8-9(14)16-7-2/h6-8H2,1-5H3,(H,12,15). The number of esters is 1. The van der Waals surface area contributed by atoms with Crippen LogP contribution in [0.2, 0.25) is 0 Å². The molecule has 0 saturated heterocycles. The minimum Gasteiger partial charge on any atom is -0.465 e. The van der Waals surface area contributed by atoms with Gasteiger partial charge in [-0.3, -0.25) is 4.79 Å². The molecule has 0 rings (SSSR count). The van der Waals surface area contributed by atoms with Crippen molar-refractivity contribution in [3.63, 3.8) is 0 Å². The lowest BCUT2D eigenvalue weighted by atomic mass is 10.0. The van der Waals surface area contributed by atoms with Crippen molar-refractivity contribution in [2.45, 2.75) is 39.7 Å². The van der Waals surface area contributed by atoms with Crippen molar-refractivity contribution in [1.29, 1.82) is 0 Å². The van der Waals surface area contributed by atoms with Gasteiger partial charge in [-0.15, -0.1) is 0 Å². The third-order valence-electron chi connectivity index (χ3n) is 2.77. The van der Waals surface area contributed by atoms with Gasteiger partial charge in [-0.25, -0.2) is 4.79 Å². The number of nitrogens with zero attached hydrogens (tertiary/aromatic N) is 1. The molecule has 0 aliphatic rings. The van der Waals surface area contributed by atoms with Crippen LogP contribution >= 0.6 is 0 Å². The van der Waals surface area contributed by atoms with Crippen LogP contribution in [-0.2, 0) is 9.53 Å². The number of ether oxygens (including phenoxy) is 1. The summed E-state index contributed by atoms with van der Waals surface area (Å²) in [6.45, 7) is 7.91. The van der Waals surface area contributed by atoms with Gasteiger partial charge < -0.3 is 15.0 Å². The summed E-state index contributed by atoms with van der Waals surface area (Å²) in [5.74, 6) is -0.418. The molecular weight excluding hydrogens is 208 g/mol. The highest BCUT2D eigenvalue weighted by Crippen LogP contribution is 2.15. The molecule has 5 nitrogen and oxygen atoms in total. The van der Waals surface area contributed by atoms with Gasteiger partial charge in [0.25, 0.3) is 0 Å². The number of urea groups is 1. The molecule has 0 saturated carbocycles. The Hall–Kier alpha value is -1.26. The van der Waals surface area contributed by atoms with Crippen molar-refractivity contribution >= 4 is 12.0 Å². The molecule has 0 heterocycles. The highest BCUT2D eigenvalue weighted by Gasteiger charge is 2.25. The molecule has 0 aliphatic heterocycles. The van der Waals surface area contributed by atoms with Crippen LogP contribution < -0.4 is 5.32 Å². The lowest BCUT2D eigenvalue weighted by molar-refractivity contribution is -0.141. The van der Waals surface area contributed by atoms with Gasteiger partial charge >= 0.3 is 12.0 Å². The quantitative estimate of drug-likeness (QED) is 0.726. The van der Waals surface area contributed by atoms with E-state index in [-0.39, 0.29) is 18.1 Å². The maximum Gasteiger partial charge on any atom is 0.325 e. The van der Waals surface area contributed by atoms with Crippen molar-refractivity contribution in [2.75, 3.05) is 20.2 Å². The van der Waals surface area contributed by atoms with E-state index in [1.807, 2.05) is 20.8 Å². The second-order valence-electron chi connectivity index (χ2n) is 4.19. The molecule has 1 N–H and O–H groups in total. The molecule has 16 heavy (non-hydrogen) atoms. The molecule has 0 aromatic heterocycles. The van der Waals surface area contributed by atoms with Gasteiger partial charge in [0.1, 0.15) is 6.54 Å². The van der Waals surface area contributed by atoms with E-state index in [1.165, 1.54) is 0 Å². The normalized spacial score (nSPS) is 10.8. The van der Waals surface area contributed by atoms with Crippen molar-refractivity contribution in [1.82, 2.24) is 10.2 Å². The van der Waals surface area contributed by atoms with E-state index < -0.39 is 5.97 Å². The highest BCUT2D eigenvalue weighted by atomic mass is 16.5. The van der Waals surface area contributed by atoms with Crippen LogP contribution in [0.5, 0.6) is 0 Å². The Morgan fingerprint density at radius 1 is 1.31 bits per heavy atom. The van der Waals surface area contributed by atoms with Crippen molar-refractivity contribution < 1.29 is 14.3 Å². The molecule has 0 fully saturated rings. The Labute approximate surface area is 97.1 Å². The van der Waals surface area contributed by atoms with Crippen LogP contribution in [0.3, 0.4) is 0 Å². The minimum absolute atomic E-state index is 0.0865. The van der Waals surface area contributed by atoms with Crippen LogP contribution in [0.15, 0.2) is 0 Å². The first-order valence-electron chi connectivity index (χ1n) is 5.52. The summed E-state index contributed by atoms with van der Waals surface area (Å²) in [5, 5.41) is 2.52. The van der Waals surface area contributed by atoms with Gasteiger partial charge in [0.15, 0.2) is 0 Å². The van der Waals surface area contributed by atoms with Gasteiger partial charge in [0.2, 0.25) is 0 Å². The molecule has 94 valence electrons. The second-order valence-corrected chi connectivity index (χ2v) is 4.19. The van der Waals surface area contributed by atoms with Crippen LogP contribution in [0.1, 0.15) is 34.1 Å². The zero-order valence-corrected chi connectivity index (χ0v) is 10.8. The van der Waals surface area contributed by atoms with E-state index in [0.29, 0.717) is 6.61 Å². The highest BCUT2D eigenvalue weighted by molar-refractivity contribution is 5.81. The van der Waals surface area contributed by atoms with E-state index in [0.717, 1.165) is 6.42 Å². The predicted octanol–water partition coefficient (Wildman–Crippen LogP) is 1.38. The van der Waals surface area contributed by atoms with Crippen molar-refractivity contribution in [2.24, 2.45) is 0 Å². The summed E-state index contributed by atoms with van der Waals surface area (Å²) in [6.07, 6.45) is 0.844. The summed E-state index contributed by atoms with van der Waals surface area (Å²) in [6, 6.07) is -0.264. The zero-order chi connectivity index (χ0) is 12.8. The number of carbonyl (C=O) groups is 2. The maximum absolute atomic E-state index is 11.7. The second kappa shape index (κ2) is 6.35. The number of amides is 2. The average molecular weight is 230 g/mol. The maximum atomic E-state index is 11.7. The van der Waals surface area contributed by atoms with Crippen LogP contribution in [-0.4, -0.2) is 42.6 Å². The summed E-state index contributed by atoms with van der Waals surface area (Å²) < 4.78 is 4.71. The monoisotopic (exact) mass is 230 g/mol. The summed E-state index contributed by atoms with van der Waals surface area (Å²) in [5.41, 5.74) is -0.223. The summed E-state index contributed by atoms with van der Waals surface area (Å²) in [7, 11) is 1.71. The summed E-state index contributed by atoms with van der Waals surface area (Å²) in [4.78, 5) is 24.3. The SMILES string of the molecule is CCOC(=O)CNC(=O)N(C)C(C)(C)CC. The molecule has 0 atom stereocenters. The number of nitrogens with one attached hydrogen (secondary N) is 1. The van der Waals surface area contributed by atoms with Gasteiger partial charge in [0, 0.05) is 12.6 Å². The Morgan fingerprint density at radius 3 is 2.31 bits per heavy atom. The Bertz CT molecular complexity index is 252. The number of rotatable bonds is 5. The molecule has 2 amide bonds. The van der Waals surface area contributed by atoms with Crippen molar-refractivity contribution in [3.8, 4) is 0 Å². The molecule has 0 aromatic carbocycles. The lowest BCUT2D eigenvalue weighted by Gasteiger charge is -2.34. The smallest absolute Gasteiger partial charge is 0.325 e. The van der Waals surface area contributed by atoms with Crippen LogP contribution in [0.4, 0.5) is 4.79 Å². The lowest BCUT2D eigenvalue weighted by Crippen LogP contribution is -2.50. The van der Waals surface area contributed by atoms with Crippen LogP contribution in [0.25, 0.3) is 0 Å². The van der Waals surface area contributed by atoms with Crippen LogP contribution in [0, 0.1) is 0 Å². The Balaban J connectivity index is 4.12. The number of carbonyl (C=O) groups excluding carboxylic acids is 2. The first-order valence-corrected chi connectivity index (χ1v) is 5.52. The first kappa shape index (κ1) is 14.7. The molecule has 5 heteroatoms. The predicted molar refractivity (Wildman–Crippen MR) is 62.2 cm³/mol. The molecule has 0 aromatic rings. The van der Waals surface area contributed by atoms with Gasteiger partial charge in [-0.1, -0.05) is 6.92 Å². The average Bonchev–Trinajstić information content (AvgIpc) is 2.25. The van der Waals surface area contributed by atoms with Gasteiger partial charge in [0.05, 0.1) is 6.61 Å². The van der Waals surface area contributed by atoms with Gasteiger partial charge in [-0.2, -0.15) is 0 Å². The molecule has 0 spiro atoms. The summed E-state index contributed by atoms with van der Waals surface area (Å²) >= 11 is 0. The Morgan fingerprint density at radius 2 is 1.88 bits per heavy atom. The number of hydrogen-bond donors (Lipinski definition) is 1. The third-order valence-corrected chi connectivity index (χ3v) is 2.77. The Kier molecular flexibility index (Phi) is 5.85. The molecule has 0 bridgehead atoms. The van der Waals surface area contributed by atoms with E-state index in [4.69, 9.17) is 4.74 Å². The minimum atomic E-state index is -0.418. The largest absolute Gasteiger partial charge is 0.465 e. The fraction of sp³-hybridized carbons (Fsp3) is 0.818. The topological polar surface area (TPSA) is 58.6 Å². The third kappa shape index (κ3) is 4.51. The molecule has 0 radical (unpaired) electrons. The molecule has 0 unspecified atom stereocenters. The first-order chi connectivity index (χ1) is 7.35. The van der Waals surface area contributed by atoms with Crippen molar-refractivity contribution in [3.05, 3.63) is 0 Å². The number of hydrogen-bond acceptors (Lipinski definition) is 3. The van der Waals surface area contributed by atoms with Gasteiger partial charge in [-0.05, 0) is 27.2 Å². The van der Waals surface area contributed by atoms with E-state index in [9.17, 15) is 9.59 Å². The molecule has 0 aliphatic carbocycles. The fourth-order valence-electron chi connectivity index (χ4n) is 0.990.